The van der Waals surface area contributed by atoms with E-state index >= 15 is 0 Å². The molecule has 0 saturated carbocycles. The van der Waals surface area contributed by atoms with E-state index in [1.54, 1.807) is 0 Å². The molecule has 0 N–H and O–H groups in total. The summed E-state index contributed by atoms with van der Waals surface area (Å²) in [6.45, 7) is 2.80. The Morgan fingerprint density at radius 1 is 1.16 bits per heavy atom. The number of ether oxygens (including phenoxy) is 3. The van der Waals surface area contributed by atoms with Gasteiger partial charge in [0.05, 0.1) is 34.4 Å². The lowest BCUT2D eigenvalue weighted by Gasteiger charge is -2.16. The molecule has 2 aromatic rings. The van der Waals surface area contributed by atoms with Gasteiger partial charge in [-0.1, -0.05) is 11.6 Å². The third kappa shape index (κ3) is 5.84. The summed E-state index contributed by atoms with van der Waals surface area (Å²) >= 11 is 5.89. The molecular formula is C19H16ClF3N2O7. The maximum absolute atomic E-state index is 12.8. The predicted molar refractivity (Wildman–Crippen MR) is 104 cm³/mol. The number of alkyl halides is 3. The summed E-state index contributed by atoms with van der Waals surface area (Å²) in [6.07, 6.45) is -6.06. The van der Waals surface area contributed by atoms with Crippen molar-refractivity contribution < 1.29 is 41.9 Å². The summed E-state index contributed by atoms with van der Waals surface area (Å²) in [6, 6.07) is 3.84. The third-order valence-corrected chi connectivity index (χ3v) is 4.13. The van der Waals surface area contributed by atoms with Gasteiger partial charge in [-0.3, -0.25) is 15.1 Å². The lowest BCUT2D eigenvalue weighted by molar-refractivity contribution is -0.385. The number of halogens is 4. The number of nitro benzene ring substituents is 1. The zero-order chi connectivity index (χ0) is 24.1. The van der Waals surface area contributed by atoms with Crippen molar-refractivity contribution in [2.24, 2.45) is 0 Å². The minimum Gasteiger partial charge on any atom is -0.463 e. The molecule has 0 aliphatic heterocycles. The van der Waals surface area contributed by atoms with Crippen LogP contribution in [0.2, 0.25) is 5.02 Å². The summed E-state index contributed by atoms with van der Waals surface area (Å²) < 4.78 is 53.1. The van der Waals surface area contributed by atoms with Gasteiger partial charge in [-0.15, -0.1) is 0 Å². The van der Waals surface area contributed by atoms with Gasteiger partial charge in [-0.25, -0.2) is 9.59 Å². The number of aromatic nitrogens is 1. The van der Waals surface area contributed by atoms with E-state index in [0.29, 0.717) is 12.3 Å². The Kier molecular flexibility index (Phi) is 7.97. The molecule has 0 radical (unpaired) electrons. The number of pyridine rings is 1. The minimum atomic E-state index is -4.67. The third-order valence-electron chi connectivity index (χ3n) is 3.84. The summed E-state index contributed by atoms with van der Waals surface area (Å²) in [7, 11) is 0. The second-order valence-corrected chi connectivity index (χ2v) is 6.40. The zero-order valence-corrected chi connectivity index (χ0v) is 17.4. The van der Waals surface area contributed by atoms with Crippen LogP contribution in [0.4, 0.5) is 18.9 Å². The number of hydrogen-bond acceptors (Lipinski definition) is 8. The molecule has 0 aliphatic rings. The largest absolute Gasteiger partial charge is 0.463 e. The van der Waals surface area contributed by atoms with Crippen molar-refractivity contribution in [1.82, 2.24) is 4.98 Å². The van der Waals surface area contributed by atoms with Crippen molar-refractivity contribution in [3.63, 3.8) is 0 Å². The van der Waals surface area contributed by atoms with Gasteiger partial charge in [0.15, 0.2) is 5.75 Å². The summed E-state index contributed by atoms with van der Waals surface area (Å²) in [5.74, 6) is -2.71. The van der Waals surface area contributed by atoms with E-state index in [9.17, 15) is 32.9 Å². The van der Waals surface area contributed by atoms with Gasteiger partial charge in [0.25, 0.3) is 6.10 Å². The highest BCUT2D eigenvalue weighted by Crippen LogP contribution is 2.37. The molecule has 2 rings (SSSR count). The summed E-state index contributed by atoms with van der Waals surface area (Å²) in [4.78, 5) is 38.4. The molecular weight excluding hydrogens is 461 g/mol. The van der Waals surface area contributed by atoms with E-state index in [1.807, 2.05) is 0 Å². The number of hydrogen-bond donors (Lipinski definition) is 0. The first-order valence-electron chi connectivity index (χ1n) is 9.01. The quantitative estimate of drug-likeness (QED) is 0.241. The van der Waals surface area contributed by atoms with Crippen molar-refractivity contribution in [3.05, 3.63) is 51.2 Å². The van der Waals surface area contributed by atoms with Crippen LogP contribution < -0.4 is 4.74 Å². The SMILES string of the molecule is CCOC(=O)C(Oc1ccc(-c2ncc(C(F)(F)F)cc2Cl)cc1[N+](=O)[O-])C(=O)OCC. The molecule has 0 unspecified atom stereocenters. The number of esters is 2. The molecule has 0 aliphatic carbocycles. The lowest BCUT2D eigenvalue weighted by Crippen LogP contribution is -2.38. The van der Waals surface area contributed by atoms with Crippen molar-refractivity contribution in [3.8, 4) is 17.0 Å². The Hall–Kier alpha value is -3.41. The second kappa shape index (κ2) is 10.3. The fraction of sp³-hybridized carbons (Fsp3) is 0.316. The molecule has 0 saturated heterocycles. The van der Waals surface area contributed by atoms with E-state index < -0.39 is 51.2 Å². The average molecular weight is 477 g/mol. The van der Waals surface area contributed by atoms with Crippen LogP contribution in [0.3, 0.4) is 0 Å². The molecule has 0 atom stereocenters. The molecule has 0 spiro atoms. The van der Waals surface area contributed by atoms with Crippen LogP contribution in [0.15, 0.2) is 30.5 Å². The van der Waals surface area contributed by atoms with Crippen molar-refractivity contribution in [2.45, 2.75) is 26.1 Å². The first-order chi connectivity index (χ1) is 15.0. The summed E-state index contributed by atoms with van der Waals surface area (Å²) in [5.41, 5.74) is -1.93. The number of nitrogens with zero attached hydrogens (tertiary/aromatic N) is 2. The molecule has 9 nitrogen and oxygen atoms in total. The topological polar surface area (TPSA) is 118 Å². The van der Waals surface area contributed by atoms with Crippen LogP contribution in [-0.4, -0.2) is 41.2 Å². The summed E-state index contributed by atoms with van der Waals surface area (Å²) in [5, 5.41) is 11.1. The molecule has 32 heavy (non-hydrogen) atoms. The van der Waals surface area contributed by atoms with Crippen molar-refractivity contribution >= 4 is 29.2 Å². The molecule has 1 aromatic heterocycles. The number of nitro groups is 1. The molecule has 172 valence electrons. The number of benzene rings is 1. The van der Waals surface area contributed by atoms with E-state index in [1.165, 1.54) is 19.9 Å². The number of carbonyl (C=O) groups is 2. The van der Waals surface area contributed by atoms with Gasteiger partial charge >= 0.3 is 23.8 Å². The Bertz CT molecular complexity index is 1010. The molecule has 0 amide bonds. The monoisotopic (exact) mass is 476 g/mol. The highest BCUT2D eigenvalue weighted by molar-refractivity contribution is 6.33. The van der Waals surface area contributed by atoms with Gasteiger partial charge in [-0.05, 0) is 32.0 Å². The highest BCUT2D eigenvalue weighted by atomic mass is 35.5. The number of rotatable bonds is 8. The van der Waals surface area contributed by atoms with Gasteiger partial charge in [0, 0.05) is 17.8 Å². The molecule has 1 aromatic carbocycles. The van der Waals surface area contributed by atoms with E-state index in [-0.39, 0.29) is 24.5 Å². The van der Waals surface area contributed by atoms with Crippen LogP contribution in [0.5, 0.6) is 5.75 Å². The van der Waals surface area contributed by atoms with Crippen LogP contribution in [0.25, 0.3) is 11.3 Å². The lowest BCUT2D eigenvalue weighted by atomic mass is 10.1. The number of carbonyl (C=O) groups excluding carboxylic acids is 2. The molecule has 0 fully saturated rings. The maximum Gasteiger partial charge on any atom is 0.417 e. The Morgan fingerprint density at radius 3 is 2.22 bits per heavy atom. The molecule has 13 heteroatoms. The maximum atomic E-state index is 12.8. The van der Waals surface area contributed by atoms with Gasteiger partial charge < -0.3 is 14.2 Å². The first-order valence-corrected chi connectivity index (χ1v) is 9.38. The van der Waals surface area contributed by atoms with E-state index in [2.05, 4.69) is 4.98 Å². The minimum absolute atomic E-state index is 0.00611. The Morgan fingerprint density at radius 2 is 1.75 bits per heavy atom. The van der Waals surface area contributed by atoms with Crippen LogP contribution in [0, 0.1) is 10.1 Å². The van der Waals surface area contributed by atoms with Crippen molar-refractivity contribution in [2.75, 3.05) is 13.2 Å². The fourth-order valence-electron chi connectivity index (χ4n) is 2.47. The second-order valence-electron chi connectivity index (χ2n) is 5.99. The molecule has 0 bridgehead atoms. The van der Waals surface area contributed by atoms with Gasteiger partial charge in [0.1, 0.15) is 0 Å². The van der Waals surface area contributed by atoms with E-state index in [4.69, 9.17) is 25.8 Å². The Balaban J connectivity index is 2.46. The smallest absolute Gasteiger partial charge is 0.417 e. The fourth-order valence-corrected chi connectivity index (χ4v) is 2.74. The van der Waals surface area contributed by atoms with Crippen LogP contribution in [-0.2, 0) is 25.2 Å². The van der Waals surface area contributed by atoms with Gasteiger partial charge in [-0.2, -0.15) is 13.2 Å². The van der Waals surface area contributed by atoms with Crippen LogP contribution >= 0.6 is 11.6 Å². The van der Waals surface area contributed by atoms with Crippen LogP contribution in [0.1, 0.15) is 19.4 Å². The predicted octanol–water partition coefficient (Wildman–Crippen LogP) is 4.20. The van der Waals surface area contributed by atoms with Crippen molar-refractivity contribution in [1.29, 1.82) is 0 Å². The van der Waals surface area contributed by atoms with Gasteiger partial charge in [0.2, 0.25) is 0 Å². The van der Waals surface area contributed by atoms with E-state index in [0.717, 1.165) is 12.1 Å². The average Bonchev–Trinajstić information content (AvgIpc) is 2.71. The standard InChI is InChI=1S/C19H16ClF3N2O7/c1-3-30-17(26)16(18(27)31-4-2)32-14-6-5-10(7-13(14)25(28)29)15-12(20)8-11(9-24-15)19(21,22)23/h5-9,16H,3-4H2,1-2H3. The normalized spacial score (nSPS) is 11.2. The highest BCUT2D eigenvalue weighted by Gasteiger charge is 2.35. The Labute approximate surface area is 184 Å². The first kappa shape index (κ1) is 24.9. The zero-order valence-electron chi connectivity index (χ0n) is 16.6. The molecule has 1 heterocycles.